The predicted octanol–water partition coefficient (Wildman–Crippen LogP) is 3.72. The minimum absolute atomic E-state index is 0.120. The zero-order chi connectivity index (χ0) is 20.6. The fourth-order valence-electron chi connectivity index (χ4n) is 2.73. The Balaban J connectivity index is 1.82. The molecule has 0 unspecified atom stereocenters. The van der Waals surface area contributed by atoms with E-state index in [1.807, 2.05) is 6.07 Å². The first-order valence-corrected chi connectivity index (χ1v) is 9.01. The number of anilines is 1. The van der Waals surface area contributed by atoms with Gasteiger partial charge in [0.25, 0.3) is 5.91 Å². The molecule has 0 heterocycles. The molecule has 148 valence electrons. The summed E-state index contributed by atoms with van der Waals surface area (Å²) in [7, 11) is 1.54. The van der Waals surface area contributed by atoms with Gasteiger partial charge in [-0.2, -0.15) is 0 Å². The Morgan fingerprint density at radius 2 is 1.69 bits per heavy atom. The van der Waals surface area contributed by atoms with E-state index in [1.165, 1.54) is 7.11 Å². The van der Waals surface area contributed by atoms with E-state index in [1.54, 1.807) is 72.8 Å². The van der Waals surface area contributed by atoms with Gasteiger partial charge >= 0.3 is 5.97 Å². The van der Waals surface area contributed by atoms with Crippen molar-refractivity contribution < 1.29 is 24.2 Å². The molecule has 29 heavy (non-hydrogen) atoms. The van der Waals surface area contributed by atoms with Crippen LogP contribution >= 0.6 is 0 Å². The van der Waals surface area contributed by atoms with Crippen LogP contribution in [0.4, 0.5) is 5.69 Å². The van der Waals surface area contributed by atoms with Gasteiger partial charge in [0.2, 0.25) is 6.10 Å². The second-order valence-corrected chi connectivity index (χ2v) is 6.27. The van der Waals surface area contributed by atoms with E-state index < -0.39 is 18.0 Å². The van der Waals surface area contributed by atoms with Gasteiger partial charge in [0.05, 0.1) is 19.3 Å². The lowest BCUT2D eigenvalue weighted by atomic mass is 10.1. The molecule has 0 saturated heterocycles. The third-order valence-electron chi connectivity index (χ3n) is 4.27. The maximum absolute atomic E-state index is 12.9. The highest BCUT2D eigenvalue weighted by atomic mass is 16.5. The van der Waals surface area contributed by atoms with Crippen LogP contribution in [0.15, 0.2) is 78.9 Å². The number of rotatable bonds is 7. The van der Waals surface area contributed by atoms with Crippen molar-refractivity contribution in [1.82, 2.24) is 0 Å². The van der Waals surface area contributed by atoms with Gasteiger partial charge in [-0.1, -0.05) is 48.5 Å². The maximum Gasteiger partial charge on any atom is 0.339 e. The molecule has 0 radical (unpaired) electrons. The first-order chi connectivity index (χ1) is 14.1. The Labute approximate surface area is 168 Å². The van der Waals surface area contributed by atoms with Crippen LogP contribution in [0, 0.1) is 0 Å². The summed E-state index contributed by atoms with van der Waals surface area (Å²) < 4.78 is 10.7. The Kier molecular flexibility index (Phi) is 6.60. The van der Waals surface area contributed by atoms with E-state index in [4.69, 9.17) is 14.6 Å². The average Bonchev–Trinajstić information content (AvgIpc) is 2.78. The van der Waals surface area contributed by atoms with E-state index >= 15 is 0 Å². The summed E-state index contributed by atoms with van der Waals surface area (Å²) >= 11 is 0. The van der Waals surface area contributed by atoms with E-state index in [0.717, 1.165) is 0 Å². The van der Waals surface area contributed by atoms with Crippen LogP contribution in [-0.2, 0) is 16.1 Å². The summed E-state index contributed by atoms with van der Waals surface area (Å²) in [5, 5.41) is 11.9. The van der Waals surface area contributed by atoms with Crippen molar-refractivity contribution in [3.8, 4) is 5.75 Å². The first kappa shape index (κ1) is 20.1. The third kappa shape index (κ3) is 5.21. The molecule has 0 aliphatic heterocycles. The molecule has 2 N–H and O–H groups in total. The SMILES string of the molecule is COc1cccc(NC(=O)[C@@H](OC(=O)c2ccc(CO)cc2)c2ccccc2)c1. The lowest BCUT2D eigenvalue weighted by molar-refractivity contribution is -0.125. The van der Waals surface area contributed by atoms with Crippen LogP contribution < -0.4 is 10.1 Å². The fourth-order valence-corrected chi connectivity index (χ4v) is 2.73. The van der Waals surface area contributed by atoms with E-state index in [0.29, 0.717) is 22.6 Å². The molecule has 6 nitrogen and oxygen atoms in total. The molecule has 0 aromatic heterocycles. The number of methoxy groups -OCH3 is 1. The maximum atomic E-state index is 12.9. The smallest absolute Gasteiger partial charge is 0.339 e. The van der Waals surface area contributed by atoms with Gasteiger partial charge in [-0.25, -0.2) is 4.79 Å². The van der Waals surface area contributed by atoms with Gasteiger partial charge in [0.1, 0.15) is 5.75 Å². The predicted molar refractivity (Wildman–Crippen MR) is 109 cm³/mol. The Hall–Kier alpha value is -3.64. The highest BCUT2D eigenvalue weighted by molar-refractivity contribution is 5.98. The normalized spacial score (nSPS) is 11.4. The minimum Gasteiger partial charge on any atom is -0.497 e. The lowest BCUT2D eigenvalue weighted by Crippen LogP contribution is -2.26. The van der Waals surface area contributed by atoms with Gasteiger partial charge in [-0.05, 0) is 29.8 Å². The zero-order valence-corrected chi connectivity index (χ0v) is 15.9. The summed E-state index contributed by atoms with van der Waals surface area (Å²) in [4.78, 5) is 25.5. The second kappa shape index (κ2) is 9.52. The lowest BCUT2D eigenvalue weighted by Gasteiger charge is -2.18. The average molecular weight is 391 g/mol. The number of aliphatic hydroxyl groups is 1. The van der Waals surface area contributed by atoms with Crippen LogP contribution in [0.3, 0.4) is 0 Å². The Bertz CT molecular complexity index is 970. The van der Waals surface area contributed by atoms with Gasteiger partial charge < -0.3 is 19.9 Å². The summed E-state index contributed by atoms with van der Waals surface area (Å²) in [5.74, 6) is -0.519. The van der Waals surface area contributed by atoms with Crippen molar-refractivity contribution in [2.24, 2.45) is 0 Å². The Morgan fingerprint density at radius 1 is 0.966 bits per heavy atom. The van der Waals surface area contributed by atoms with E-state index in [9.17, 15) is 9.59 Å². The van der Waals surface area contributed by atoms with Crippen LogP contribution in [-0.4, -0.2) is 24.1 Å². The van der Waals surface area contributed by atoms with Gasteiger partial charge in [-0.3, -0.25) is 4.79 Å². The first-order valence-electron chi connectivity index (χ1n) is 9.01. The van der Waals surface area contributed by atoms with E-state index in [2.05, 4.69) is 5.32 Å². The number of carbonyl (C=O) groups is 2. The molecular weight excluding hydrogens is 370 g/mol. The third-order valence-corrected chi connectivity index (χ3v) is 4.27. The fraction of sp³-hybridized carbons (Fsp3) is 0.130. The summed E-state index contributed by atoms with van der Waals surface area (Å²) in [6, 6.07) is 22.1. The monoisotopic (exact) mass is 391 g/mol. The van der Waals surface area contributed by atoms with Crippen LogP contribution in [0.2, 0.25) is 0 Å². The second-order valence-electron chi connectivity index (χ2n) is 6.27. The van der Waals surface area contributed by atoms with Crippen molar-refractivity contribution in [2.45, 2.75) is 12.7 Å². The zero-order valence-electron chi connectivity index (χ0n) is 15.9. The van der Waals surface area contributed by atoms with E-state index in [-0.39, 0.29) is 12.2 Å². The van der Waals surface area contributed by atoms with Crippen molar-refractivity contribution in [3.63, 3.8) is 0 Å². The molecule has 1 amide bonds. The number of nitrogens with one attached hydrogen (secondary N) is 1. The minimum atomic E-state index is -1.13. The highest BCUT2D eigenvalue weighted by Crippen LogP contribution is 2.23. The standard InChI is InChI=1S/C23H21NO5/c1-28-20-9-5-8-19(14-20)24-22(26)21(17-6-3-2-4-7-17)29-23(27)18-12-10-16(15-25)11-13-18/h2-14,21,25H,15H2,1H3,(H,24,26)/t21-/m0/s1. The summed E-state index contributed by atoms with van der Waals surface area (Å²) in [6.07, 6.45) is -1.13. The number of aliphatic hydroxyl groups excluding tert-OH is 1. The molecule has 0 aliphatic rings. The number of ether oxygens (including phenoxy) is 2. The van der Waals surface area contributed by atoms with Crippen molar-refractivity contribution in [1.29, 1.82) is 0 Å². The quantitative estimate of drug-likeness (QED) is 0.600. The number of esters is 1. The molecule has 6 heteroatoms. The summed E-state index contributed by atoms with van der Waals surface area (Å²) in [6.45, 7) is -0.120. The summed E-state index contributed by atoms with van der Waals surface area (Å²) in [5.41, 5.74) is 2.04. The molecule has 0 bridgehead atoms. The molecule has 3 aromatic carbocycles. The number of hydrogen-bond donors (Lipinski definition) is 2. The number of hydrogen-bond acceptors (Lipinski definition) is 5. The highest BCUT2D eigenvalue weighted by Gasteiger charge is 2.26. The Morgan fingerprint density at radius 3 is 2.34 bits per heavy atom. The van der Waals surface area contributed by atoms with Crippen molar-refractivity contribution in [3.05, 3.63) is 95.6 Å². The molecular formula is C23H21NO5. The van der Waals surface area contributed by atoms with Gasteiger partial charge in [-0.15, -0.1) is 0 Å². The molecule has 0 saturated carbocycles. The van der Waals surface area contributed by atoms with Gasteiger partial charge in [0.15, 0.2) is 0 Å². The molecule has 0 fully saturated rings. The molecule has 3 aromatic rings. The topological polar surface area (TPSA) is 84.9 Å². The van der Waals surface area contributed by atoms with Gasteiger partial charge in [0, 0.05) is 17.3 Å². The number of amides is 1. The molecule has 0 spiro atoms. The van der Waals surface area contributed by atoms with Crippen LogP contribution in [0.5, 0.6) is 5.75 Å². The molecule has 3 rings (SSSR count). The van der Waals surface area contributed by atoms with Crippen LogP contribution in [0.25, 0.3) is 0 Å². The molecule has 1 atom stereocenters. The van der Waals surface area contributed by atoms with Crippen LogP contribution in [0.1, 0.15) is 27.6 Å². The number of carbonyl (C=O) groups excluding carboxylic acids is 2. The van der Waals surface area contributed by atoms with Crippen molar-refractivity contribution >= 4 is 17.6 Å². The molecule has 0 aliphatic carbocycles. The largest absolute Gasteiger partial charge is 0.497 e. The van der Waals surface area contributed by atoms with Crippen molar-refractivity contribution in [2.75, 3.05) is 12.4 Å². The number of benzene rings is 3.